The van der Waals surface area contributed by atoms with E-state index in [1.54, 1.807) is 37.7 Å². The van der Waals surface area contributed by atoms with Crippen molar-refractivity contribution in [2.45, 2.75) is 77.1 Å². The van der Waals surface area contributed by atoms with Crippen LogP contribution in [0.5, 0.6) is 0 Å². The Balaban J connectivity index is 1.37. The number of allylic oxidation sites excluding steroid dienone is 1. The molecule has 13 heteroatoms. The lowest BCUT2D eigenvalue weighted by Crippen LogP contribution is -2.62. The number of amidine groups is 1. The van der Waals surface area contributed by atoms with Crippen molar-refractivity contribution in [3.8, 4) is 0 Å². The third-order valence-electron chi connectivity index (χ3n) is 11.7. The van der Waals surface area contributed by atoms with Crippen molar-refractivity contribution in [2.24, 2.45) is 32.7 Å². The molecule has 0 radical (unpaired) electrons. The Morgan fingerprint density at radius 2 is 2.00 bits per heavy atom. The molecular weight excluding hydrogens is 626 g/mol. The van der Waals surface area contributed by atoms with Gasteiger partial charge in [-0.15, -0.1) is 0 Å². The van der Waals surface area contributed by atoms with Gasteiger partial charge in [0.15, 0.2) is 5.78 Å². The summed E-state index contributed by atoms with van der Waals surface area (Å²) >= 11 is 0. The van der Waals surface area contributed by atoms with Gasteiger partial charge in [-0.1, -0.05) is 26.0 Å². The van der Waals surface area contributed by atoms with E-state index in [-0.39, 0.29) is 48.1 Å². The molecule has 5 unspecified atom stereocenters. The number of rotatable bonds is 11. The van der Waals surface area contributed by atoms with E-state index in [9.17, 15) is 19.8 Å². The minimum atomic E-state index is -0.714. The predicted octanol–water partition coefficient (Wildman–Crippen LogP) is 2.11. The van der Waals surface area contributed by atoms with Gasteiger partial charge in [-0.3, -0.25) is 14.7 Å². The van der Waals surface area contributed by atoms with E-state index in [2.05, 4.69) is 37.1 Å². The normalized spacial score (nSPS) is 33.9. The number of ether oxygens (including phenoxy) is 2. The highest BCUT2D eigenvalue weighted by Crippen LogP contribution is 2.62. The molecule has 49 heavy (non-hydrogen) atoms. The van der Waals surface area contributed by atoms with E-state index in [1.165, 1.54) is 0 Å². The minimum Gasteiger partial charge on any atom is -0.423 e. The fourth-order valence-electron chi connectivity index (χ4n) is 8.80. The monoisotopic (exact) mass is 675 g/mol. The molecule has 6 rings (SSSR count). The number of cyclic esters (lactones) is 1. The van der Waals surface area contributed by atoms with Crippen molar-refractivity contribution in [1.82, 2.24) is 20.2 Å². The summed E-state index contributed by atoms with van der Waals surface area (Å²) in [4.78, 5) is 46.1. The van der Waals surface area contributed by atoms with Crippen LogP contribution < -0.4 is 11.1 Å². The zero-order valence-corrected chi connectivity index (χ0v) is 28.7. The number of nitrogens with one attached hydrogen (secondary N) is 1. The molecule has 0 amide bonds. The number of nitrogens with zero attached hydrogens (tertiary/aromatic N) is 5. The van der Waals surface area contributed by atoms with Gasteiger partial charge in [0.25, 0.3) is 0 Å². The number of carbonyl (C=O) groups excluding carboxylic acids is 2. The van der Waals surface area contributed by atoms with Crippen molar-refractivity contribution in [1.29, 1.82) is 0 Å². The summed E-state index contributed by atoms with van der Waals surface area (Å²) in [6, 6.07) is -1.20. The van der Waals surface area contributed by atoms with Crippen molar-refractivity contribution >= 4 is 35.8 Å². The first-order valence-electron chi connectivity index (χ1n) is 17.3. The van der Waals surface area contributed by atoms with Crippen LogP contribution in [0.15, 0.2) is 51.9 Å². The van der Waals surface area contributed by atoms with Gasteiger partial charge in [0.1, 0.15) is 11.6 Å². The maximum atomic E-state index is 13.6. The quantitative estimate of drug-likeness (QED) is 0.199. The molecule has 4 heterocycles. The lowest BCUT2D eigenvalue weighted by molar-refractivity contribution is -0.163. The SMILES string of the molecule is C=C1C(N2CCOCC2)CC2[C@](C)(CC[C@@H](O)[C@@]2(C)CO)C1CC(NC(C)C(=O)CC1=NCC=N1)C1=C/C(=C\c2cnc(N)nc2)OC1=O. The Bertz CT molecular complexity index is 1570. The molecule has 1 aromatic heterocycles. The third-order valence-corrected chi connectivity index (χ3v) is 11.7. The summed E-state index contributed by atoms with van der Waals surface area (Å²) in [5.41, 5.74) is 6.68. The Hall–Kier alpha value is -3.62. The second-order valence-corrected chi connectivity index (χ2v) is 14.6. The van der Waals surface area contributed by atoms with Crippen molar-refractivity contribution < 1.29 is 29.3 Å². The molecule has 0 spiro atoms. The number of aliphatic hydroxyl groups excluding tert-OH is 2. The van der Waals surface area contributed by atoms with Crippen LogP contribution in [0.1, 0.15) is 58.4 Å². The summed E-state index contributed by atoms with van der Waals surface area (Å²) < 4.78 is 11.4. The Kier molecular flexibility index (Phi) is 10.3. The third kappa shape index (κ3) is 7.04. The number of hydrogen-bond acceptors (Lipinski definition) is 13. The second-order valence-electron chi connectivity index (χ2n) is 14.6. The molecule has 5 N–H and O–H groups in total. The number of esters is 1. The molecule has 1 saturated heterocycles. The number of aromatic nitrogens is 2. The fourth-order valence-corrected chi connectivity index (χ4v) is 8.80. The number of nitrogens with two attached hydrogens (primary N) is 1. The van der Waals surface area contributed by atoms with E-state index >= 15 is 0 Å². The number of anilines is 1. The number of morpholine rings is 1. The Morgan fingerprint density at radius 1 is 1.27 bits per heavy atom. The molecule has 2 saturated carbocycles. The van der Waals surface area contributed by atoms with Crippen LogP contribution in [-0.4, -0.2) is 113 Å². The van der Waals surface area contributed by atoms with Crippen molar-refractivity contribution in [2.75, 3.05) is 45.2 Å². The summed E-state index contributed by atoms with van der Waals surface area (Å²) in [7, 11) is 0. The smallest absolute Gasteiger partial charge is 0.341 e. The molecule has 264 valence electrons. The topological polar surface area (TPSA) is 185 Å². The van der Waals surface area contributed by atoms with E-state index in [0.717, 1.165) is 31.5 Å². The van der Waals surface area contributed by atoms with Crippen LogP contribution in [0, 0.1) is 22.7 Å². The van der Waals surface area contributed by atoms with Gasteiger partial charge in [-0.2, -0.15) is 0 Å². The van der Waals surface area contributed by atoms with Gasteiger partial charge >= 0.3 is 5.97 Å². The number of fused-ring (bicyclic) bond motifs is 1. The number of nitrogen functional groups attached to an aromatic ring is 1. The van der Waals surface area contributed by atoms with Crippen LogP contribution >= 0.6 is 0 Å². The van der Waals surface area contributed by atoms with Gasteiger partial charge in [-0.05, 0) is 62.0 Å². The molecule has 13 nitrogen and oxygen atoms in total. The fraction of sp³-hybridized carbons (Fsp3) is 0.611. The minimum absolute atomic E-state index is 0.00609. The summed E-state index contributed by atoms with van der Waals surface area (Å²) in [6.45, 7) is 13.9. The molecule has 0 bridgehead atoms. The molecule has 2 aliphatic carbocycles. The molecule has 1 aromatic rings. The molecule has 3 aliphatic heterocycles. The predicted molar refractivity (Wildman–Crippen MR) is 185 cm³/mol. The van der Waals surface area contributed by atoms with Gasteiger partial charge in [0.2, 0.25) is 5.95 Å². The number of aliphatic hydroxyl groups is 2. The molecule has 5 aliphatic rings. The lowest BCUT2D eigenvalue weighted by Gasteiger charge is -2.62. The van der Waals surface area contributed by atoms with Gasteiger partial charge < -0.3 is 30.7 Å². The van der Waals surface area contributed by atoms with Crippen LogP contribution in [0.25, 0.3) is 6.08 Å². The zero-order chi connectivity index (χ0) is 34.9. The number of ketones is 1. The molecular formula is C36H49N7O6. The van der Waals surface area contributed by atoms with Gasteiger partial charge in [0.05, 0.1) is 50.5 Å². The first-order valence-corrected chi connectivity index (χ1v) is 17.3. The van der Waals surface area contributed by atoms with Crippen LogP contribution in [0.2, 0.25) is 0 Å². The number of hydrogen-bond donors (Lipinski definition) is 4. The van der Waals surface area contributed by atoms with Gasteiger partial charge in [0, 0.05) is 54.8 Å². The van der Waals surface area contributed by atoms with Gasteiger partial charge in [-0.25, -0.2) is 19.8 Å². The molecule has 8 atom stereocenters. The highest BCUT2D eigenvalue weighted by Gasteiger charge is 2.60. The Morgan fingerprint density at radius 3 is 2.67 bits per heavy atom. The van der Waals surface area contributed by atoms with Crippen LogP contribution in [0.4, 0.5) is 5.95 Å². The first kappa shape index (κ1) is 35.2. The largest absolute Gasteiger partial charge is 0.423 e. The summed E-state index contributed by atoms with van der Waals surface area (Å²) in [6.07, 6.45) is 10.1. The van der Waals surface area contributed by atoms with Crippen molar-refractivity contribution in [3.05, 3.63) is 47.5 Å². The number of aliphatic imine (C=N–C) groups is 2. The van der Waals surface area contributed by atoms with E-state index in [1.807, 2.05) is 6.92 Å². The van der Waals surface area contributed by atoms with Crippen LogP contribution in [-0.2, 0) is 19.1 Å². The van der Waals surface area contributed by atoms with Crippen molar-refractivity contribution in [3.63, 3.8) is 0 Å². The zero-order valence-electron chi connectivity index (χ0n) is 28.7. The molecule has 0 aromatic carbocycles. The second kappa shape index (κ2) is 14.3. The van der Waals surface area contributed by atoms with E-state index < -0.39 is 29.6 Å². The molecule has 3 fully saturated rings. The number of carbonyl (C=O) groups is 2. The standard InChI is InChI=1S/C36H49N7O6/c1-21-26(35(3)6-5-31(46)36(4,20-44)30(35)16-28(21)43-9-11-48-12-10-43)15-27(42-22(2)29(45)17-32-38-7-8-39-32)25-14-24(49-33(25)47)13-23-18-40-34(37)41-19-23/h7,13-14,18-19,22,26-28,30-31,42,44,46H,1,5-6,8-12,15-17,20H2,2-4H3,(H2,37,40,41)/b24-13+/t22?,26?,27?,28?,30?,31-,35-,36+/m1/s1. The lowest BCUT2D eigenvalue weighted by atomic mass is 9.45. The average Bonchev–Trinajstić information content (AvgIpc) is 3.74. The van der Waals surface area contributed by atoms with Crippen LogP contribution in [0.3, 0.4) is 0 Å². The summed E-state index contributed by atoms with van der Waals surface area (Å²) in [5, 5.41) is 25.6. The van der Waals surface area contributed by atoms with E-state index in [0.29, 0.717) is 55.3 Å². The maximum absolute atomic E-state index is 13.6. The number of Topliss-reactive ketones (excluding diaryl/α,β-unsaturated/α-hetero) is 1. The maximum Gasteiger partial charge on any atom is 0.341 e. The average molecular weight is 676 g/mol. The van der Waals surface area contributed by atoms with E-state index in [4.69, 9.17) is 21.8 Å². The summed E-state index contributed by atoms with van der Waals surface area (Å²) in [5.74, 6) is 0.238. The Labute approximate surface area is 287 Å². The first-order chi connectivity index (χ1) is 23.4. The highest BCUT2D eigenvalue weighted by molar-refractivity contribution is 6.07. The highest BCUT2D eigenvalue weighted by atomic mass is 16.5.